The van der Waals surface area contributed by atoms with Crippen LogP contribution in [-0.4, -0.2) is 65.0 Å². The van der Waals surface area contributed by atoms with Crippen LogP contribution >= 0.6 is 0 Å². The van der Waals surface area contributed by atoms with E-state index in [1.165, 1.54) is 36.2 Å². The fourth-order valence-electron chi connectivity index (χ4n) is 2.65. The van der Waals surface area contributed by atoms with E-state index in [0.717, 1.165) is 10.6 Å². The molecule has 1 atom stereocenters. The number of sulfonamides is 1. The Morgan fingerprint density at radius 2 is 2.08 bits per heavy atom. The van der Waals surface area contributed by atoms with Crippen molar-refractivity contribution in [3.8, 4) is 6.07 Å². The molecule has 0 aromatic heterocycles. The van der Waals surface area contributed by atoms with Gasteiger partial charge in [0.25, 0.3) is 0 Å². The van der Waals surface area contributed by atoms with Crippen LogP contribution in [0.1, 0.15) is 12.0 Å². The van der Waals surface area contributed by atoms with E-state index >= 15 is 0 Å². The lowest BCUT2D eigenvalue weighted by atomic mass is 10.2. The fraction of sp³-hybridized carbons (Fsp3) is 0.467. The summed E-state index contributed by atoms with van der Waals surface area (Å²) in [6, 6.07) is 7.40. The van der Waals surface area contributed by atoms with Gasteiger partial charge in [0.15, 0.2) is 9.84 Å². The highest BCUT2D eigenvalue weighted by Gasteiger charge is 2.34. The summed E-state index contributed by atoms with van der Waals surface area (Å²) in [4.78, 5) is 13.8. The molecule has 0 N–H and O–H groups in total. The summed E-state index contributed by atoms with van der Waals surface area (Å²) in [6.45, 7) is -0.458. The van der Waals surface area contributed by atoms with Gasteiger partial charge in [-0.1, -0.05) is 6.07 Å². The Morgan fingerprint density at radius 3 is 2.60 bits per heavy atom. The van der Waals surface area contributed by atoms with Gasteiger partial charge in [-0.25, -0.2) is 16.8 Å². The molecule has 0 saturated carbocycles. The Kier molecular flexibility index (Phi) is 5.39. The number of nitrogens with zero attached hydrogens (tertiary/aromatic N) is 3. The van der Waals surface area contributed by atoms with Crippen molar-refractivity contribution in [3.63, 3.8) is 0 Å². The molecule has 0 aliphatic carbocycles. The zero-order valence-electron chi connectivity index (χ0n) is 13.9. The van der Waals surface area contributed by atoms with Gasteiger partial charge in [0, 0.05) is 13.1 Å². The Balaban J connectivity index is 2.23. The van der Waals surface area contributed by atoms with E-state index in [0.29, 0.717) is 6.42 Å². The van der Waals surface area contributed by atoms with Gasteiger partial charge < -0.3 is 4.90 Å². The first kappa shape index (κ1) is 19.2. The molecule has 0 radical (unpaired) electrons. The largest absolute Gasteiger partial charge is 0.340 e. The van der Waals surface area contributed by atoms with Crippen LogP contribution in [0.5, 0.6) is 0 Å². The molecular weight excluding hydrogens is 366 g/mol. The molecule has 1 saturated heterocycles. The average molecular weight is 385 g/mol. The van der Waals surface area contributed by atoms with E-state index in [1.807, 2.05) is 6.07 Å². The van der Waals surface area contributed by atoms with Gasteiger partial charge in [-0.05, 0) is 24.6 Å². The number of sulfone groups is 1. The molecule has 1 aliphatic rings. The Hall–Kier alpha value is -2.12. The van der Waals surface area contributed by atoms with E-state index in [9.17, 15) is 21.6 Å². The minimum atomic E-state index is -3.76. The van der Waals surface area contributed by atoms with Gasteiger partial charge in [-0.15, -0.1) is 0 Å². The summed E-state index contributed by atoms with van der Waals surface area (Å²) >= 11 is 0. The molecule has 1 heterocycles. The minimum absolute atomic E-state index is 0.0231. The summed E-state index contributed by atoms with van der Waals surface area (Å²) in [7, 11) is -5.44. The molecule has 10 heteroatoms. The number of amides is 1. The summed E-state index contributed by atoms with van der Waals surface area (Å²) in [6.07, 6.45) is 1.31. The SMILES string of the molecule is CN(C(=O)CN(c1cccc(C#N)c1)S(C)(=O)=O)C1CCS(=O)(=O)C1. The van der Waals surface area contributed by atoms with Crippen molar-refractivity contribution < 1.29 is 21.6 Å². The van der Waals surface area contributed by atoms with Crippen LogP contribution in [0.25, 0.3) is 0 Å². The first-order valence-electron chi connectivity index (χ1n) is 7.47. The maximum absolute atomic E-state index is 12.5. The Bertz CT molecular complexity index is 919. The van der Waals surface area contributed by atoms with Crippen LogP contribution in [0.15, 0.2) is 24.3 Å². The van der Waals surface area contributed by atoms with E-state index in [-0.39, 0.29) is 22.8 Å². The molecule has 1 amide bonds. The van der Waals surface area contributed by atoms with Crippen LogP contribution < -0.4 is 4.31 Å². The molecule has 0 spiro atoms. The van der Waals surface area contributed by atoms with Crippen molar-refractivity contribution in [1.29, 1.82) is 5.26 Å². The number of nitriles is 1. The van der Waals surface area contributed by atoms with Crippen LogP contribution in [0.2, 0.25) is 0 Å². The highest BCUT2D eigenvalue weighted by atomic mass is 32.2. The predicted octanol–water partition coefficient (Wildman–Crippen LogP) is -0.0302. The molecule has 0 bridgehead atoms. The number of carbonyl (C=O) groups excluding carboxylic acids is 1. The Morgan fingerprint density at radius 1 is 1.40 bits per heavy atom. The molecule has 1 fully saturated rings. The second-order valence-corrected chi connectivity index (χ2v) is 10.1. The highest BCUT2D eigenvalue weighted by Crippen LogP contribution is 2.21. The van der Waals surface area contributed by atoms with Crippen molar-refractivity contribution in [2.24, 2.45) is 0 Å². The molecule has 8 nitrogen and oxygen atoms in total. The maximum Gasteiger partial charge on any atom is 0.243 e. The lowest BCUT2D eigenvalue weighted by Gasteiger charge is -2.28. The van der Waals surface area contributed by atoms with E-state index in [1.54, 1.807) is 0 Å². The van der Waals surface area contributed by atoms with Gasteiger partial charge >= 0.3 is 0 Å². The summed E-state index contributed by atoms with van der Waals surface area (Å²) in [5.41, 5.74) is 0.483. The second-order valence-electron chi connectivity index (χ2n) is 5.99. The lowest BCUT2D eigenvalue weighted by Crippen LogP contribution is -2.45. The lowest BCUT2D eigenvalue weighted by molar-refractivity contribution is -0.129. The third kappa shape index (κ3) is 4.70. The molecule has 136 valence electrons. The van der Waals surface area contributed by atoms with Gasteiger partial charge in [0.1, 0.15) is 6.54 Å². The van der Waals surface area contributed by atoms with Crippen molar-refractivity contribution >= 4 is 31.5 Å². The molecular formula is C15H19N3O5S2. The fourth-order valence-corrected chi connectivity index (χ4v) is 5.27. The standard InChI is InChI=1S/C15H19N3O5S2/c1-17(14-6-7-25(22,23)11-14)15(19)10-18(24(2,20)21)13-5-3-4-12(8-13)9-16/h3-5,8,14H,6-7,10-11H2,1-2H3. The quantitative estimate of drug-likeness (QED) is 0.703. The first-order valence-corrected chi connectivity index (χ1v) is 11.1. The van der Waals surface area contributed by atoms with Gasteiger partial charge in [-0.2, -0.15) is 5.26 Å². The van der Waals surface area contributed by atoms with Crippen molar-refractivity contribution in [3.05, 3.63) is 29.8 Å². The van der Waals surface area contributed by atoms with Crippen LogP contribution in [0.3, 0.4) is 0 Å². The predicted molar refractivity (Wildman–Crippen MR) is 93.2 cm³/mol. The molecule has 2 rings (SSSR count). The van der Waals surface area contributed by atoms with Crippen LogP contribution in [0.4, 0.5) is 5.69 Å². The molecule has 1 aromatic rings. The molecule has 1 unspecified atom stereocenters. The van der Waals surface area contributed by atoms with E-state index in [4.69, 9.17) is 5.26 Å². The van der Waals surface area contributed by atoms with Crippen LogP contribution in [0, 0.1) is 11.3 Å². The summed E-state index contributed by atoms with van der Waals surface area (Å²) in [5, 5.41) is 8.96. The smallest absolute Gasteiger partial charge is 0.243 e. The zero-order valence-corrected chi connectivity index (χ0v) is 15.5. The van der Waals surface area contributed by atoms with E-state index in [2.05, 4.69) is 0 Å². The number of carbonyl (C=O) groups is 1. The third-order valence-corrected chi connectivity index (χ3v) is 6.98. The average Bonchev–Trinajstić information content (AvgIpc) is 2.90. The molecule has 1 aliphatic heterocycles. The van der Waals surface area contributed by atoms with Gasteiger partial charge in [0.05, 0.1) is 35.1 Å². The number of anilines is 1. The van der Waals surface area contributed by atoms with Gasteiger partial charge in [-0.3, -0.25) is 9.10 Å². The van der Waals surface area contributed by atoms with Crippen LogP contribution in [-0.2, 0) is 24.7 Å². The number of hydrogen-bond donors (Lipinski definition) is 0. The van der Waals surface area contributed by atoms with E-state index < -0.39 is 38.4 Å². The number of hydrogen-bond acceptors (Lipinski definition) is 6. The first-order chi connectivity index (χ1) is 11.5. The minimum Gasteiger partial charge on any atom is -0.340 e. The topological polar surface area (TPSA) is 116 Å². The second kappa shape index (κ2) is 7.01. The van der Waals surface area contributed by atoms with Crippen molar-refractivity contribution in [1.82, 2.24) is 4.90 Å². The monoisotopic (exact) mass is 385 g/mol. The van der Waals surface area contributed by atoms with Gasteiger partial charge in [0.2, 0.25) is 15.9 Å². The third-order valence-electron chi connectivity index (χ3n) is 4.09. The summed E-state index contributed by atoms with van der Waals surface area (Å²) < 4.78 is 48.2. The normalized spacial score (nSPS) is 19.2. The molecule has 25 heavy (non-hydrogen) atoms. The maximum atomic E-state index is 12.5. The summed E-state index contributed by atoms with van der Waals surface area (Å²) in [5.74, 6) is -0.595. The highest BCUT2D eigenvalue weighted by molar-refractivity contribution is 7.92. The number of benzene rings is 1. The zero-order chi connectivity index (χ0) is 18.8. The number of likely N-dealkylation sites (N-methyl/N-ethyl adjacent to an activating group) is 1. The van der Waals surface area contributed by atoms with Crippen molar-refractivity contribution in [2.45, 2.75) is 12.5 Å². The Labute approximate surface area is 147 Å². The molecule has 1 aromatic carbocycles. The number of rotatable bonds is 5. The van der Waals surface area contributed by atoms with Crippen molar-refractivity contribution in [2.75, 3.05) is 35.7 Å².